The van der Waals surface area contributed by atoms with Gasteiger partial charge in [-0.25, -0.2) is 4.79 Å². The number of benzene rings is 1. The Bertz CT molecular complexity index is 746. The van der Waals surface area contributed by atoms with Gasteiger partial charge in [0, 0.05) is 38.8 Å². The van der Waals surface area contributed by atoms with Crippen LogP contribution >= 0.6 is 0 Å². The van der Waals surface area contributed by atoms with Crippen molar-refractivity contribution in [3.63, 3.8) is 0 Å². The molecule has 1 aliphatic heterocycles. The number of carboxylic acid groups (broad SMARTS) is 1. The molecule has 0 aliphatic carbocycles. The van der Waals surface area contributed by atoms with E-state index >= 15 is 0 Å². The monoisotopic (exact) mass is 343 g/mol. The van der Waals surface area contributed by atoms with Crippen LogP contribution in [-0.4, -0.2) is 50.1 Å². The van der Waals surface area contributed by atoms with Gasteiger partial charge in [-0.3, -0.25) is 9.48 Å². The molecule has 0 unspecified atom stereocenters. The molecule has 8 nitrogen and oxygen atoms in total. The van der Waals surface area contributed by atoms with E-state index in [-0.39, 0.29) is 24.3 Å². The van der Waals surface area contributed by atoms with Crippen LogP contribution in [0.15, 0.2) is 36.5 Å². The van der Waals surface area contributed by atoms with Gasteiger partial charge in [0.2, 0.25) is 0 Å². The van der Waals surface area contributed by atoms with Gasteiger partial charge >= 0.3 is 12.0 Å². The highest BCUT2D eigenvalue weighted by molar-refractivity contribution is 5.75. The van der Waals surface area contributed by atoms with Gasteiger partial charge in [0.25, 0.3) is 0 Å². The average Bonchev–Trinajstić information content (AvgIpc) is 3.19. The number of hydrogen-bond acceptors (Lipinski definition) is 4. The lowest BCUT2D eigenvalue weighted by Gasteiger charge is -2.17. The number of rotatable bonds is 5. The third-order valence-electron chi connectivity index (χ3n) is 4.45. The number of aliphatic carboxylic acids is 1. The fraction of sp³-hybridized carbons (Fsp3) is 0.412. The quantitative estimate of drug-likeness (QED) is 0.850. The molecule has 1 aromatic heterocycles. The summed E-state index contributed by atoms with van der Waals surface area (Å²) in [6.07, 6.45) is 1.79. The summed E-state index contributed by atoms with van der Waals surface area (Å²) in [5, 5.41) is 20.1. The van der Waals surface area contributed by atoms with Gasteiger partial charge in [0.15, 0.2) is 0 Å². The number of nitrogens with one attached hydrogen (secondary N) is 1. The summed E-state index contributed by atoms with van der Waals surface area (Å²) in [5.41, 5.74) is 1.75. The third kappa shape index (κ3) is 4.14. The van der Waals surface area contributed by atoms with Gasteiger partial charge in [-0.15, -0.1) is 5.10 Å². The Kier molecular flexibility index (Phi) is 4.97. The molecule has 2 amide bonds. The second-order valence-electron chi connectivity index (χ2n) is 6.33. The highest BCUT2D eigenvalue weighted by atomic mass is 16.4. The Morgan fingerprint density at radius 3 is 2.68 bits per heavy atom. The second kappa shape index (κ2) is 7.33. The van der Waals surface area contributed by atoms with Gasteiger partial charge in [-0.1, -0.05) is 35.5 Å². The number of aryl methyl sites for hydroxylation is 1. The van der Waals surface area contributed by atoms with E-state index in [2.05, 4.69) is 15.6 Å². The van der Waals surface area contributed by atoms with E-state index < -0.39 is 5.97 Å². The average molecular weight is 343 g/mol. The molecule has 8 heteroatoms. The summed E-state index contributed by atoms with van der Waals surface area (Å²) in [7, 11) is 1.77. The molecule has 1 fully saturated rings. The standard InChI is InChI=1S/C17H21N5O3/c1-21-11-15(19-20-21)14-10-22(9-13(14)7-16(23)24)17(25)18-8-12-5-3-2-4-6-12/h2-6,11,13-14H,7-10H2,1H3,(H,18,25)(H,23,24)/t13-,14+/m0/s1. The molecule has 0 radical (unpaired) electrons. The number of carboxylic acids is 1. The van der Waals surface area contributed by atoms with Crippen molar-refractivity contribution in [3.05, 3.63) is 47.8 Å². The van der Waals surface area contributed by atoms with Crippen LogP contribution in [0.1, 0.15) is 23.6 Å². The Hall–Kier alpha value is -2.90. The first-order chi connectivity index (χ1) is 12.0. The molecule has 25 heavy (non-hydrogen) atoms. The summed E-state index contributed by atoms with van der Waals surface area (Å²) in [6, 6.07) is 9.47. The smallest absolute Gasteiger partial charge is 0.317 e. The van der Waals surface area contributed by atoms with E-state index in [0.717, 1.165) is 11.3 Å². The fourth-order valence-electron chi connectivity index (χ4n) is 3.22. The maximum atomic E-state index is 12.5. The van der Waals surface area contributed by atoms with E-state index in [1.54, 1.807) is 22.8 Å². The first-order valence-electron chi connectivity index (χ1n) is 8.17. The van der Waals surface area contributed by atoms with Gasteiger partial charge in [-0.05, 0) is 11.5 Å². The summed E-state index contributed by atoms with van der Waals surface area (Å²) in [4.78, 5) is 25.3. The highest BCUT2D eigenvalue weighted by Crippen LogP contribution is 2.33. The molecule has 2 atom stereocenters. The molecule has 2 heterocycles. The highest BCUT2D eigenvalue weighted by Gasteiger charge is 2.38. The minimum absolute atomic E-state index is 0.00368. The van der Waals surface area contributed by atoms with E-state index in [4.69, 9.17) is 5.11 Å². The predicted octanol–water partition coefficient (Wildman–Crippen LogP) is 1.22. The molecule has 1 aliphatic rings. The number of hydrogen-bond donors (Lipinski definition) is 2. The Morgan fingerprint density at radius 2 is 2.04 bits per heavy atom. The van der Waals surface area contributed by atoms with Crippen molar-refractivity contribution in [2.45, 2.75) is 18.9 Å². The Labute approximate surface area is 145 Å². The number of likely N-dealkylation sites (tertiary alicyclic amines) is 1. The molecule has 0 spiro atoms. The molecule has 0 bridgehead atoms. The van der Waals surface area contributed by atoms with Crippen LogP contribution in [0.4, 0.5) is 4.79 Å². The molecular formula is C17H21N5O3. The zero-order chi connectivity index (χ0) is 17.8. The summed E-state index contributed by atoms with van der Waals surface area (Å²) < 4.78 is 1.59. The van der Waals surface area contributed by atoms with Crippen LogP contribution in [-0.2, 0) is 18.4 Å². The number of aromatic nitrogens is 3. The first kappa shape index (κ1) is 16.9. The largest absolute Gasteiger partial charge is 0.481 e. The van der Waals surface area contributed by atoms with Crippen LogP contribution in [0.2, 0.25) is 0 Å². The molecule has 132 valence electrons. The van der Waals surface area contributed by atoms with Crippen molar-refractivity contribution in [2.24, 2.45) is 13.0 Å². The maximum Gasteiger partial charge on any atom is 0.317 e. The number of carbonyl (C=O) groups is 2. The number of carbonyl (C=O) groups excluding carboxylic acids is 1. The predicted molar refractivity (Wildman–Crippen MR) is 89.7 cm³/mol. The minimum Gasteiger partial charge on any atom is -0.481 e. The van der Waals surface area contributed by atoms with E-state index in [9.17, 15) is 9.59 Å². The summed E-state index contributed by atoms with van der Waals surface area (Å²) >= 11 is 0. The molecule has 1 aromatic carbocycles. The van der Waals surface area contributed by atoms with Crippen LogP contribution in [0.25, 0.3) is 0 Å². The van der Waals surface area contributed by atoms with Gasteiger partial charge in [0.05, 0.1) is 12.1 Å². The van der Waals surface area contributed by atoms with Crippen molar-refractivity contribution in [2.75, 3.05) is 13.1 Å². The molecule has 0 saturated carbocycles. The molecular weight excluding hydrogens is 322 g/mol. The lowest BCUT2D eigenvalue weighted by Crippen LogP contribution is -2.38. The zero-order valence-corrected chi connectivity index (χ0v) is 14.0. The van der Waals surface area contributed by atoms with Crippen molar-refractivity contribution >= 4 is 12.0 Å². The lowest BCUT2D eigenvalue weighted by atomic mass is 9.91. The maximum absolute atomic E-state index is 12.5. The van der Waals surface area contributed by atoms with Crippen molar-refractivity contribution in [1.82, 2.24) is 25.2 Å². The number of nitrogens with zero attached hydrogens (tertiary/aromatic N) is 4. The zero-order valence-electron chi connectivity index (χ0n) is 14.0. The Balaban J connectivity index is 1.66. The molecule has 1 saturated heterocycles. The van der Waals surface area contributed by atoms with E-state index in [1.165, 1.54) is 0 Å². The molecule has 2 aromatic rings. The minimum atomic E-state index is -0.870. The van der Waals surface area contributed by atoms with Crippen LogP contribution < -0.4 is 5.32 Å². The van der Waals surface area contributed by atoms with Crippen molar-refractivity contribution in [1.29, 1.82) is 0 Å². The van der Waals surface area contributed by atoms with Gasteiger partial charge in [0.1, 0.15) is 0 Å². The summed E-state index contributed by atoms with van der Waals surface area (Å²) in [5.74, 6) is -1.16. The van der Waals surface area contributed by atoms with Crippen molar-refractivity contribution < 1.29 is 14.7 Å². The van der Waals surface area contributed by atoms with Crippen LogP contribution in [0, 0.1) is 5.92 Å². The normalized spacial score (nSPS) is 19.8. The van der Waals surface area contributed by atoms with E-state index in [1.807, 2.05) is 30.3 Å². The first-order valence-corrected chi connectivity index (χ1v) is 8.17. The van der Waals surface area contributed by atoms with Gasteiger partial charge in [-0.2, -0.15) is 0 Å². The second-order valence-corrected chi connectivity index (χ2v) is 6.33. The number of amides is 2. The topological polar surface area (TPSA) is 100 Å². The SMILES string of the molecule is Cn1cc([C@@H]2CN(C(=O)NCc3ccccc3)C[C@@H]2CC(=O)O)nn1. The fourth-order valence-corrected chi connectivity index (χ4v) is 3.22. The third-order valence-corrected chi connectivity index (χ3v) is 4.45. The lowest BCUT2D eigenvalue weighted by molar-refractivity contribution is -0.138. The number of urea groups is 1. The van der Waals surface area contributed by atoms with E-state index in [0.29, 0.717) is 19.6 Å². The molecule has 3 rings (SSSR count). The van der Waals surface area contributed by atoms with Crippen LogP contribution in [0.5, 0.6) is 0 Å². The molecule has 2 N–H and O–H groups in total. The van der Waals surface area contributed by atoms with Crippen molar-refractivity contribution in [3.8, 4) is 0 Å². The Morgan fingerprint density at radius 1 is 1.28 bits per heavy atom. The van der Waals surface area contributed by atoms with Crippen LogP contribution in [0.3, 0.4) is 0 Å². The summed E-state index contributed by atoms with van der Waals surface area (Å²) in [6.45, 7) is 1.28. The van der Waals surface area contributed by atoms with Gasteiger partial charge < -0.3 is 15.3 Å².